The monoisotopic (exact) mass is 305 g/mol. The molecule has 0 saturated heterocycles. The maximum Gasteiger partial charge on any atom is 0.128 e. The van der Waals surface area contributed by atoms with E-state index in [9.17, 15) is 0 Å². The molecule has 104 valence electrons. The van der Waals surface area contributed by atoms with E-state index in [0.29, 0.717) is 13.3 Å². The minimum Gasteiger partial charge on any atom is -0.361 e. The Bertz CT molecular complexity index is 851. The van der Waals surface area contributed by atoms with Crippen LogP contribution in [0.2, 0.25) is 0 Å². The molecule has 0 aliphatic heterocycles. The fourth-order valence-corrected chi connectivity index (χ4v) is 3.80. The predicted octanol–water partition coefficient (Wildman–Crippen LogP) is 3.99. The number of nitrogens with zero attached hydrogens (tertiary/aromatic N) is 3. The third-order valence-electron chi connectivity index (χ3n) is 3.18. The van der Waals surface area contributed by atoms with Crippen molar-refractivity contribution in [3.8, 4) is 0 Å². The summed E-state index contributed by atoms with van der Waals surface area (Å²) in [5.74, 6) is 0. The number of hydrogen-bond acceptors (Lipinski definition) is 5. The smallest absolute Gasteiger partial charge is 0.128 e. The lowest BCUT2D eigenvalue weighted by Crippen LogP contribution is -2.04. The van der Waals surface area contributed by atoms with Gasteiger partial charge in [-0.1, -0.05) is 12.2 Å². The summed E-state index contributed by atoms with van der Waals surface area (Å²) >= 11 is 7.16. The standard InChI is InChI=1S/C14H15N3OS2/c1-4-18-7-17-6-15-11-10-8(2)5-9(3)16-13(10)20-12(11)14(17)19/h5-6H,4,7H2,1-3H3. The van der Waals surface area contributed by atoms with Gasteiger partial charge in [0.25, 0.3) is 0 Å². The van der Waals surface area contributed by atoms with Gasteiger partial charge in [-0.3, -0.25) is 4.57 Å². The van der Waals surface area contributed by atoms with Crippen molar-refractivity contribution in [2.75, 3.05) is 6.61 Å². The Morgan fingerprint density at radius 3 is 2.95 bits per heavy atom. The number of aromatic nitrogens is 3. The molecule has 0 radical (unpaired) electrons. The summed E-state index contributed by atoms with van der Waals surface area (Å²) < 4.78 is 9.05. The summed E-state index contributed by atoms with van der Waals surface area (Å²) in [6, 6.07) is 2.08. The summed E-state index contributed by atoms with van der Waals surface area (Å²) in [6.45, 7) is 7.17. The Balaban J connectivity index is 2.31. The first-order chi connectivity index (χ1) is 9.61. The van der Waals surface area contributed by atoms with E-state index in [2.05, 4.69) is 23.0 Å². The largest absolute Gasteiger partial charge is 0.361 e. The van der Waals surface area contributed by atoms with Crippen molar-refractivity contribution in [2.45, 2.75) is 27.5 Å². The molecule has 0 amide bonds. The molecule has 0 N–H and O–H groups in total. The summed E-state index contributed by atoms with van der Waals surface area (Å²) in [6.07, 6.45) is 1.76. The molecule has 3 heterocycles. The van der Waals surface area contributed by atoms with Gasteiger partial charge >= 0.3 is 0 Å². The van der Waals surface area contributed by atoms with Crippen LogP contribution in [0.25, 0.3) is 20.4 Å². The minimum absolute atomic E-state index is 0.442. The maximum atomic E-state index is 5.55. The average molecular weight is 305 g/mol. The molecule has 6 heteroatoms. The van der Waals surface area contributed by atoms with Crippen LogP contribution in [-0.2, 0) is 11.5 Å². The molecule has 3 aromatic heterocycles. The van der Waals surface area contributed by atoms with Gasteiger partial charge in [-0.15, -0.1) is 11.3 Å². The summed E-state index contributed by atoms with van der Waals surface area (Å²) in [4.78, 5) is 10.2. The van der Waals surface area contributed by atoms with Gasteiger partial charge in [0.15, 0.2) is 0 Å². The highest BCUT2D eigenvalue weighted by atomic mass is 32.1. The van der Waals surface area contributed by atoms with Crippen molar-refractivity contribution in [2.24, 2.45) is 0 Å². The molecule has 0 atom stereocenters. The van der Waals surface area contributed by atoms with Gasteiger partial charge < -0.3 is 4.74 Å². The van der Waals surface area contributed by atoms with Crippen molar-refractivity contribution in [3.63, 3.8) is 0 Å². The van der Waals surface area contributed by atoms with Gasteiger partial charge in [0.05, 0.1) is 16.5 Å². The Labute approximate surface area is 126 Å². The quantitative estimate of drug-likeness (QED) is 0.686. The molecule has 0 spiro atoms. The third kappa shape index (κ3) is 2.13. The molecule has 0 aromatic carbocycles. The van der Waals surface area contributed by atoms with E-state index in [1.807, 2.05) is 18.4 Å². The van der Waals surface area contributed by atoms with E-state index in [4.69, 9.17) is 17.0 Å². The minimum atomic E-state index is 0.442. The van der Waals surface area contributed by atoms with E-state index < -0.39 is 0 Å². The first-order valence-corrected chi connectivity index (χ1v) is 7.68. The van der Waals surface area contributed by atoms with E-state index in [-0.39, 0.29) is 0 Å². The van der Waals surface area contributed by atoms with Gasteiger partial charge in [-0.25, -0.2) is 9.97 Å². The molecular formula is C14H15N3OS2. The zero-order valence-electron chi connectivity index (χ0n) is 11.6. The van der Waals surface area contributed by atoms with Crippen LogP contribution in [0.1, 0.15) is 18.2 Å². The number of hydrogen-bond donors (Lipinski definition) is 0. The Morgan fingerprint density at radius 1 is 1.40 bits per heavy atom. The molecule has 3 aromatic rings. The molecule has 0 aliphatic rings. The molecule has 4 nitrogen and oxygen atoms in total. The normalized spacial score (nSPS) is 11.6. The van der Waals surface area contributed by atoms with Crippen molar-refractivity contribution >= 4 is 44.0 Å². The molecular weight excluding hydrogens is 290 g/mol. The first-order valence-electron chi connectivity index (χ1n) is 6.45. The Hall–Kier alpha value is -1.37. The summed E-state index contributed by atoms with van der Waals surface area (Å²) in [7, 11) is 0. The van der Waals surface area contributed by atoms with E-state index in [1.54, 1.807) is 17.7 Å². The highest BCUT2D eigenvalue weighted by Crippen LogP contribution is 2.34. The van der Waals surface area contributed by atoms with E-state index in [0.717, 1.165) is 30.8 Å². The summed E-state index contributed by atoms with van der Waals surface area (Å²) in [5, 5.41) is 1.12. The molecule has 0 unspecified atom stereocenters. The average Bonchev–Trinajstić information content (AvgIpc) is 2.77. The van der Waals surface area contributed by atoms with Crippen LogP contribution in [0, 0.1) is 18.5 Å². The van der Waals surface area contributed by atoms with Gasteiger partial charge in [0.1, 0.15) is 16.2 Å². The first kappa shape index (κ1) is 13.6. The predicted molar refractivity (Wildman–Crippen MR) is 84.8 cm³/mol. The molecule has 20 heavy (non-hydrogen) atoms. The summed E-state index contributed by atoms with van der Waals surface area (Å²) in [5.41, 5.74) is 3.17. The molecule has 0 fully saturated rings. The molecule has 0 aliphatic carbocycles. The van der Waals surface area contributed by atoms with Gasteiger partial charge in [-0.2, -0.15) is 0 Å². The topological polar surface area (TPSA) is 39.9 Å². The van der Waals surface area contributed by atoms with Crippen LogP contribution in [0.3, 0.4) is 0 Å². The SMILES string of the molecule is CCOCn1cnc2c(sc3nc(C)cc(C)c32)c1=S. The number of ether oxygens (including phenoxy) is 1. The number of fused-ring (bicyclic) bond motifs is 3. The van der Waals surface area contributed by atoms with Crippen molar-refractivity contribution in [3.05, 3.63) is 28.3 Å². The number of pyridine rings is 1. The second kappa shape index (κ2) is 5.20. The zero-order chi connectivity index (χ0) is 14.3. The third-order valence-corrected chi connectivity index (χ3v) is 4.83. The molecule has 3 rings (SSSR count). The number of aryl methyl sites for hydroxylation is 2. The van der Waals surface area contributed by atoms with Crippen LogP contribution in [-0.4, -0.2) is 21.1 Å². The molecule has 0 saturated carbocycles. The zero-order valence-corrected chi connectivity index (χ0v) is 13.3. The van der Waals surface area contributed by atoms with Crippen LogP contribution < -0.4 is 0 Å². The Kier molecular flexibility index (Phi) is 3.54. The highest BCUT2D eigenvalue weighted by molar-refractivity contribution is 7.71. The van der Waals surface area contributed by atoms with Gasteiger partial charge in [0, 0.05) is 17.7 Å². The maximum absolute atomic E-state index is 5.55. The highest BCUT2D eigenvalue weighted by Gasteiger charge is 2.13. The number of rotatable bonds is 3. The van der Waals surface area contributed by atoms with E-state index in [1.165, 1.54) is 5.56 Å². The van der Waals surface area contributed by atoms with Crippen molar-refractivity contribution < 1.29 is 4.74 Å². The van der Waals surface area contributed by atoms with Crippen LogP contribution in [0.5, 0.6) is 0 Å². The Morgan fingerprint density at radius 2 is 2.20 bits per heavy atom. The molecule has 0 bridgehead atoms. The van der Waals surface area contributed by atoms with E-state index >= 15 is 0 Å². The fraction of sp³-hybridized carbons (Fsp3) is 0.357. The lowest BCUT2D eigenvalue weighted by molar-refractivity contribution is 0.0862. The number of thiophene rings is 1. The second-order valence-corrected chi connectivity index (χ2v) is 6.07. The second-order valence-electron chi connectivity index (χ2n) is 4.68. The van der Waals surface area contributed by atoms with Crippen LogP contribution in [0.4, 0.5) is 0 Å². The lowest BCUT2D eigenvalue weighted by Gasteiger charge is -2.06. The fourth-order valence-electron chi connectivity index (χ4n) is 2.28. The van der Waals surface area contributed by atoms with Crippen molar-refractivity contribution in [1.82, 2.24) is 14.5 Å². The van der Waals surface area contributed by atoms with Crippen LogP contribution in [0.15, 0.2) is 12.4 Å². The lowest BCUT2D eigenvalue weighted by atomic mass is 10.1. The van der Waals surface area contributed by atoms with Gasteiger partial charge in [0.2, 0.25) is 0 Å². The van der Waals surface area contributed by atoms with Crippen molar-refractivity contribution in [1.29, 1.82) is 0 Å². The van der Waals surface area contributed by atoms with Crippen LogP contribution >= 0.6 is 23.6 Å². The van der Waals surface area contributed by atoms with Gasteiger partial charge in [-0.05, 0) is 32.4 Å².